The van der Waals surface area contributed by atoms with Gasteiger partial charge in [0.05, 0.1) is 0 Å². The monoisotopic (exact) mass is 390 g/mol. The van der Waals surface area contributed by atoms with E-state index in [2.05, 4.69) is 31.3 Å². The van der Waals surface area contributed by atoms with Crippen LogP contribution in [0.2, 0.25) is 0 Å². The van der Waals surface area contributed by atoms with Gasteiger partial charge in [0.15, 0.2) is 5.69 Å². The lowest BCUT2D eigenvalue weighted by Gasteiger charge is -2.03. The topological polar surface area (TPSA) is 108 Å². The van der Waals surface area contributed by atoms with E-state index >= 15 is 0 Å². The Hall–Kier alpha value is -3.01. The summed E-state index contributed by atoms with van der Waals surface area (Å²) in [5.41, 5.74) is 0.899. The molecule has 3 rings (SSSR count). The van der Waals surface area contributed by atoms with E-state index in [-0.39, 0.29) is 24.1 Å². The molecule has 122 valence electrons. The highest BCUT2D eigenvalue weighted by atomic mass is 79.9. The number of nitro groups is 1. The molecule has 24 heavy (non-hydrogen) atoms. The highest BCUT2D eigenvalue weighted by Gasteiger charge is 2.12. The molecule has 0 saturated carbocycles. The molecule has 9 nitrogen and oxygen atoms in total. The van der Waals surface area contributed by atoms with Crippen LogP contribution in [-0.4, -0.2) is 30.2 Å². The summed E-state index contributed by atoms with van der Waals surface area (Å²) in [4.78, 5) is 25.8. The van der Waals surface area contributed by atoms with Gasteiger partial charge in [0.1, 0.15) is 12.9 Å². The smallest absolute Gasteiger partial charge is 0.358 e. The summed E-state index contributed by atoms with van der Waals surface area (Å²) in [5.74, 6) is -0.581. The molecule has 1 aromatic carbocycles. The van der Waals surface area contributed by atoms with Crippen LogP contribution in [0.4, 0.5) is 11.5 Å². The van der Waals surface area contributed by atoms with Crippen molar-refractivity contribution in [3.63, 3.8) is 0 Å². The first-order valence-corrected chi connectivity index (χ1v) is 7.57. The quantitative estimate of drug-likeness (QED) is 0.531. The Balaban J connectivity index is 1.66. The maximum absolute atomic E-state index is 12.2. The number of nitrogens with zero attached hydrogens (tertiary/aromatic N) is 5. The number of carbonyl (C=O) groups is 1. The Labute approximate surface area is 144 Å². The van der Waals surface area contributed by atoms with Crippen LogP contribution in [0.1, 0.15) is 10.5 Å². The molecule has 0 aliphatic heterocycles. The maximum Gasteiger partial charge on any atom is 0.381 e. The minimum atomic E-state index is -0.573. The van der Waals surface area contributed by atoms with Gasteiger partial charge >= 0.3 is 5.82 Å². The van der Waals surface area contributed by atoms with Crippen molar-refractivity contribution in [1.82, 2.24) is 19.3 Å². The van der Waals surface area contributed by atoms with Crippen LogP contribution < -0.4 is 5.32 Å². The second-order valence-electron chi connectivity index (χ2n) is 4.85. The number of imidazole rings is 1. The van der Waals surface area contributed by atoms with Crippen molar-refractivity contribution in [2.24, 2.45) is 0 Å². The van der Waals surface area contributed by atoms with E-state index in [1.807, 2.05) is 12.1 Å². The first kappa shape index (κ1) is 15.9. The zero-order chi connectivity index (χ0) is 17.1. The highest BCUT2D eigenvalue weighted by molar-refractivity contribution is 9.10. The summed E-state index contributed by atoms with van der Waals surface area (Å²) in [5, 5.41) is 17.5. The van der Waals surface area contributed by atoms with Crippen LogP contribution >= 0.6 is 15.9 Å². The third-order valence-corrected chi connectivity index (χ3v) is 3.62. The number of halogens is 1. The molecule has 1 N–H and O–H groups in total. The fraction of sp³-hybridized carbons (Fsp3) is 0.0714. The number of rotatable bonds is 5. The van der Waals surface area contributed by atoms with Crippen molar-refractivity contribution in [2.45, 2.75) is 6.67 Å². The van der Waals surface area contributed by atoms with Crippen molar-refractivity contribution in [3.8, 4) is 0 Å². The predicted octanol–water partition coefficient (Wildman–Crippen LogP) is 2.51. The Morgan fingerprint density at radius 1 is 1.29 bits per heavy atom. The van der Waals surface area contributed by atoms with Crippen molar-refractivity contribution >= 4 is 33.3 Å². The number of carbonyl (C=O) groups excluding carboxylic acids is 1. The molecule has 0 saturated heterocycles. The zero-order valence-corrected chi connectivity index (χ0v) is 13.8. The number of anilines is 1. The lowest BCUT2D eigenvalue weighted by atomic mass is 10.3. The van der Waals surface area contributed by atoms with Gasteiger partial charge in [-0.2, -0.15) is 5.10 Å². The number of hydrogen-bond donors (Lipinski definition) is 1. The van der Waals surface area contributed by atoms with E-state index in [0.717, 1.165) is 4.47 Å². The first-order chi connectivity index (χ1) is 11.5. The highest BCUT2D eigenvalue weighted by Crippen LogP contribution is 2.15. The average molecular weight is 391 g/mol. The van der Waals surface area contributed by atoms with Crippen LogP contribution in [0, 0.1) is 10.1 Å². The van der Waals surface area contributed by atoms with Crippen LogP contribution in [0.5, 0.6) is 0 Å². The van der Waals surface area contributed by atoms with E-state index in [1.54, 1.807) is 24.4 Å². The molecular weight excluding hydrogens is 380 g/mol. The van der Waals surface area contributed by atoms with Crippen molar-refractivity contribution in [1.29, 1.82) is 0 Å². The van der Waals surface area contributed by atoms with Gasteiger partial charge in [0, 0.05) is 16.4 Å². The molecule has 0 atom stereocenters. The molecule has 0 radical (unpaired) electrons. The van der Waals surface area contributed by atoms with Gasteiger partial charge in [-0.25, -0.2) is 0 Å². The standard InChI is InChI=1S/C14H11BrN6O3/c15-10-1-3-11(4-2-10)17-14(22)12-5-6-20(18-12)9-19-7-13(16-8-19)21(23)24/h1-8H,9H2,(H,17,22). The third kappa shape index (κ3) is 3.66. The van der Waals surface area contributed by atoms with E-state index < -0.39 is 4.92 Å². The molecule has 2 aromatic heterocycles. The summed E-state index contributed by atoms with van der Waals surface area (Å²) in [6.07, 6.45) is 4.24. The molecule has 0 fully saturated rings. The molecule has 0 aliphatic rings. The minimum absolute atomic E-state index is 0.215. The van der Waals surface area contributed by atoms with E-state index in [9.17, 15) is 14.9 Å². The average Bonchev–Trinajstić information content (AvgIpc) is 3.19. The van der Waals surface area contributed by atoms with Crippen LogP contribution in [0.15, 0.2) is 53.5 Å². The second kappa shape index (κ2) is 6.62. The van der Waals surface area contributed by atoms with E-state index in [1.165, 1.54) is 21.8 Å². The van der Waals surface area contributed by atoms with Gasteiger partial charge in [-0.05, 0) is 40.2 Å². The maximum atomic E-state index is 12.2. The summed E-state index contributed by atoms with van der Waals surface area (Å²) >= 11 is 3.32. The van der Waals surface area contributed by atoms with Crippen LogP contribution in [0.25, 0.3) is 0 Å². The fourth-order valence-corrected chi connectivity index (χ4v) is 2.24. The van der Waals surface area contributed by atoms with Gasteiger partial charge in [-0.1, -0.05) is 15.9 Å². The van der Waals surface area contributed by atoms with Gasteiger partial charge in [0.25, 0.3) is 5.91 Å². The van der Waals surface area contributed by atoms with Crippen molar-refractivity contribution < 1.29 is 9.72 Å². The van der Waals surface area contributed by atoms with Crippen molar-refractivity contribution in [3.05, 3.63) is 69.3 Å². The summed E-state index contributed by atoms with van der Waals surface area (Å²) in [6.45, 7) is 0.215. The summed E-state index contributed by atoms with van der Waals surface area (Å²) < 4.78 is 3.91. The number of nitrogens with one attached hydrogen (secondary N) is 1. The number of aromatic nitrogens is 4. The molecule has 1 amide bonds. The molecule has 0 unspecified atom stereocenters. The molecule has 3 aromatic rings. The molecule has 2 heterocycles. The lowest BCUT2D eigenvalue weighted by molar-refractivity contribution is -0.389. The Bertz CT molecular complexity index is 886. The van der Waals surface area contributed by atoms with E-state index in [4.69, 9.17) is 0 Å². The van der Waals surface area contributed by atoms with Crippen LogP contribution in [0.3, 0.4) is 0 Å². The first-order valence-electron chi connectivity index (χ1n) is 6.78. The molecule has 0 aliphatic carbocycles. The van der Waals surface area contributed by atoms with Gasteiger partial charge in [-0.3, -0.25) is 14.0 Å². The molecule has 10 heteroatoms. The van der Waals surface area contributed by atoms with Gasteiger partial charge in [-0.15, -0.1) is 0 Å². The van der Waals surface area contributed by atoms with Gasteiger partial charge < -0.3 is 15.4 Å². The second-order valence-corrected chi connectivity index (χ2v) is 5.76. The normalized spacial score (nSPS) is 10.5. The largest absolute Gasteiger partial charge is 0.381 e. The predicted molar refractivity (Wildman–Crippen MR) is 88.6 cm³/mol. The summed E-state index contributed by atoms with van der Waals surface area (Å²) in [6, 6.07) is 8.74. The van der Waals surface area contributed by atoms with E-state index in [0.29, 0.717) is 5.69 Å². The lowest BCUT2D eigenvalue weighted by Crippen LogP contribution is -2.14. The minimum Gasteiger partial charge on any atom is -0.358 e. The summed E-state index contributed by atoms with van der Waals surface area (Å²) in [7, 11) is 0. The Kier molecular flexibility index (Phi) is 4.38. The Morgan fingerprint density at radius 3 is 2.71 bits per heavy atom. The molecular formula is C14H11BrN6O3. The molecule has 0 spiro atoms. The molecule has 0 bridgehead atoms. The fourth-order valence-electron chi connectivity index (χ4n) is 1.98. The van der Waals surface area contributed by atoms with Crippen LogP contribution in [-0.2, 0) is 6.67 Å². The number of hydrogen-bond acceptors (Lipinski definition) is 5. The number of benzene rings is 1. The Morgan fingerprint density at radius 2 is 2.04 bits per heavy atom. The number of amides is 1. The van der Waals surface area contributed by atoms with Gasteiger partial charge in [0.2, 0.25) is 6.33 Å². The SMILES string of the molecule is O=C(Nc1ccc(Br)cc1)c1ccn(Cn2cnc([N+](=O)[O-])c2)n1. The zero-order valence-electron chi connectivity index (χ0n) is 12.2. The van der Waals surface area contributed by atoms with Crippen molar-refractivity contribution in [2.75, 3.05) is 5.32 Å². The third-order valence-electron chi connectivity index (χ3n) is 3.09.